The first-order valence-corrected chi connectivity index (χ1v) is 12.3. The van der Waals surface area contributed by atoms with Crippen molar-refractivity contribution in [1.29, 1.82) is 0 Å². The number of pyridine rings is 1. The standard InChI is InChI=1S/C22H18Cl2F3N3O3S/c1-34(32,33)30(13-15-4-2-6-18(23)20(15)24)16-9-7-14(8-10-16)21(31)29-12-19-17(22(25,26)27)5-3-11-28-19/h2-11H,12-13H2,1H3,(H,29,31). The lowest BCUT2D eigenvalue weighted by molar-refractivity contribution is -0.138. The van der Waals surface area contributed by atoms with Crippen LogP contribution in [0.25, 0.3) is 0 Å². The van der Waals surface area contributed by atoms with Crippen LogP contribution < -0.4 is 9.62 Å². The Hall–Kier alpha value is -2.82. The van der Waals surface area contributed by atoms with E-state index in [1.165, 1.54) is 30.5 Å². The first-order chi connectivity index (χ1) is 15.9. The number of carbonyl (C=O) groups excluding carboxylic acids is 1. The summed E-state index contributed by atoms with van der Waals surface area (Å²) in [7, 11) is -3.73. The number of nitrogens with one attached hydrogen (secondary N) is 1. The second-order valence-electron chi connectivity index (χ2n) is 7.21. The fraction of sp³-hybridized carbons (Fsp3) is 0.182. The zero-order chi connectivity index (χ0) is 25.1. The molecule has 12 heteroatoms. The zero-order valence-corrected chi connectivity index (χ0v) is 19.9. The highest BCUT2D eigenvalue weighted by atomic mass is 35.5. The van der Waals surface area contributed by atoms with Crippen molar-refractivity contribution in [1.82, 2.24) is 10.3 Å². The quantitative estimate of drug-likeness (QED) is 0.448. The largest absolute Gasteiger partial charge is 0.418 e. The number of amides is 1. The minimum atomic E-state index is -4.60. The topological polar surface area (TPSA) is 79.4 Å². The number of anilines is 1. The molecule has 180 valence electrons. The van der Waals surface area contributed by atoms with Crippen LogP contribution >= 0.6 is 23.2 Å². The molecule has 34 heavy (non-hydrogen) atoms. The summed E-state index contributed by atoms with van der Waals surface area (Å²) in [5, 5.41) is 2.90. The van der Waals surface area contributed by atoms with Gasteiger partial charge in [0.1, 0.15) is 0 Å². The Bertz CT molecular complexity index is 1300. The van der Waals surface area contributed by atoms with E-state index in [4.69, 9.17) is 23.2 Å². The van der Waals surface area contributed by atoms with E-state index in [0.717, 1.165) is 22.7 Å². The van der Waals surface area contributed by atoms with Crippen LogP contribution in [0.3, 0.4) is 0 Å². The van der Waals surface area contributed by atoms with Gasteiger partial charge in [0.05, 0.1) is 46.3 Å². The van der Waals surface area contributed by atoms with Gasteiger partial charge in [-0.2, -0.15) is 13.2 Å². The number of hydrogen-bond donors (Lipinski definition) is 1. The lowest BCUT2D eigenvalue weighted by Gasteiger charge is -2.23. The van der Waals surface area contributed by atoms with E-state index in [1.54, 1.807) is 18.2 Å². The van der Waals surface area contributed by atoms with Crippen LogP contribution in [-0.4, -0.2) is 25.6 Å². The van der Waals surface area contributed by atoms with Gasteiger partial charge in [-0.15, -0.1) is 0 Å². The number of hydrogen-bond acceptors (Lipinski definition) is 4. The Kier molecular flexibility index (Phi) is 7.74. The number of benzene rings is 2. The molecule has 1 heterocycles. The smallest absolute Gasteiger partial charge is 0.346 e. The number of carbonyl (C=O) groups is 1. The van der Waals surface area contributed by atoms with Crippen molar-refractivity contribution in [2.24, 2.45) is 0 Å². The molecular weight excluding hydrogens is 514 g/mol. The lowest BCUT2D eigenvalue weighted by atomic mass is 10.1. The molecule has 0 unspecified atom stereocenters. The average molecular weight is 532 g/mol. The molecule has 1 N–H and O–H groups in total. The summed E-state index contributed by atoms with van der Waals surface area (Å²) in [4.78, 5) is 16.1. The average Bonchev–Trinajstić information content (AvgIpc) is 2.77. The highest BCUT2D eigenvalue weighted by Gasteiger charge is 2.33. The Morgan fingerprint density at radius 3 is 2.35 bits per heavy atom. The zero-order valence-electron chi connectivity index (χ0n) is 17.6. The first-order valence-electron chi connectivity index (χ1n) is 9.68. The van der Waals surface area contributed by atoms with E-state index in [1.807, 2.05) is 0 Å². The first kappa shape index (κ1) is 25.8. The maximum absolute atomic E-state index is 13.1. The van der Waals surface area contributed by atoms with Crippen molar-refractivity contribution in [3.63, 3.8) is 0 Å². The van der Waals surface area contributed by atoms with Crippen LogP contribution in [0.5, 0.6) is 0 Å². The Morgan fingerprint density at radius 2 is 1.74 bits per heavy atom. The molecule has 0 radical (unpaired) electrons. The maximum atomic E-state index is 13.1. The molecule has 0 aliphatic carbocycles. The predicted octanol–water partition coefficient (Wildman–Crippen LogP) is 5.30. The molecule has 2 aromatic carbocycles. The third-order valence-electron chi connectivity index (χ3n) is 4.78. The van der Waals surface area contributed by atoms with Crippen LogP contribution in [0.1, 0.15) is 27.2 Å². The van der Waals surface area contributed by atoms with E-state index in [-0.39, 0.29) is 33.5 Å². The predicted molar refractivity (Wildman–Crippen MR) is 124 cm³/mol. The van der Waals surface area contributed by atoms with Gasteiger partial charge in [0, 0.05) is 11.8 Å². The van der Waals surface area contributed by atoms with Gasteiger partial charge >= 0.3 is 6.18 Å². The molecule has 0 saturated heterocycles. The van der Waals surface area contributed by atoms with Gasteiger partial charge in [0.2, 0.25) is 10.0 Å². The normalized spacial score (nSPS) is 11.8. The van der Waals surface area contributed by atoms with Crippen molar-refractivity contribution < 1.29 is 26.4 Å². The molecule has 0 aliphatic heterocycles. The molecule has 0 aliphatic rings. The summed E-state index contributed by atoms with van der Waals surface area (Å²) < 4.78 is 65.2. The van der Waals surface area contributed by atoms with Crippen LogP contribution in [0.15, 0.2) is 60.8 Å². The van der Waals surface area contributed by atoms with Crippen molar-refractivity contribution in [2.75, 3.05) is 10.6 Å². The molecule has 6 nitrogen and oxygen atoms in total. The lowest BCUT2D eigenvalue weighted by Crippen LogP contribution is -2.29. The van der Waals surface area contributed by atoms with Gasteiger partial charge in [0.15, 0.2) is 0 Å². The monoisotopic (exact) mass is 531 g/mol. The third-order valence-corrected chi connectivity index (χ3v) is 6.77. The number of aromatic nitrogens is 1. The summed E-state index contributed by atoms with van der Waals surface area (Å²) in [5.41, 5.74) is -0.380. The van der Waals surface area contributed by atoms with Crippen molar-refractivity contribution in [3.05, 3.63) is 93.2 Å². The van der Waals surface area contributed by atoms with Gasteiger partial charge < -0.3 is 5.32 Å². The molecule has 3 aromatic rings. The minimum Gasteiger partial charge on any atom is -0.346 e. The number of alkyl halides is 3. The second-order valence-corrected chi connectivity index (χ2v) is 9.90. The van der Waals surface area contributed by atoms with Crippen LogP contribution in [0.4, 0.5) is 18.9 Å². The molecule has 0 atom stereocenters. The molecule has 0 bridgehead atoms. The molecule has 0 fully saturated rings. The number of rotatable bonds is 7. The van der Waals surface area contributed by atoms with Crippen molar-refractivity contribution in [3.8, 4) is 0 Å². The minimum absolute atomic E-state index is 0.0936. The SMILES string of the molecule is CS(=O)(=O)N(Cc1cccc(Cl)c1Cl)c1ccc(C(=O)NCc2ncccc2C(F)(F)F)cc1. The number of nitrogens with zero attached hydrogens (tertiary/aromatic N) is 2. The molecule has 1 amide bonds. The number of sulfonamides is 1. The Balaban J connectivity index is 1.77. The van der Waals surface area contributed by atoms with Crippen LogP contribution in [0.2, 0.25) is 10.0 Å². The molecule has 0 spiro atoms. The van der Waals surface area contributed by atoms with Crippen molar-refractivity contribution >= 4 is 44.8 Å². The van der Waals surface area contributed by atoms with E-state index in [2.05, 4.69) is 10.3 Å². The molecule has 3 rings (SSSR count). The molecule has 1 aromatic heterocycles. The van der Waals surface area contributed by atoms with Gasteiger partial charge in [-0.3, -0.25) is 14.1 Å². The van der Waals surface area contributed by atoms with Crippen LogP contribution in [-0.2, 0) is 29.3 Å². The Labute approximate surface area is 204 Å². The summed E-state index contributed by atoms with van der Waals surface area (Å²) >= 11 is 12.2. The second kappa shape index (κ2) is 10.2. The summed E-state index contributed by atoms with van der Waals surface area (Å²) in [5.74, 6) is -0.644. The highest BCUT2D eigenvalue weighted by Crippen LogP contribution is 2.31. The molecule has 0 saturated carbocycles. The maximum Gasteiger partial charge on any atom is 0.418 e. The summed E-state index contributed by atoms with van der Waals surface area (Å²) in [6.45, 7) is -0.525. The molecular formula is C22H18Cl2F3N3O3S. The van der Waals surface area contributed by atoms with E-state index in [9.17, 15) is 26.4 Å². The van der Waals surface area contributed by atoms with Crippen LogP contribution in [0, 0.1) is 0 Å². The van der Waals surface area contributed by atoms with Crippen molar-refractivity contribution in [2.45, 2.75) is 19.3 Å². The fourth-order valence-corrected chi connectivity index (χ4v) is 4.37. The Morgan fingerprint density at radius 1 is 1.06 bits per heavy atom. The van der Waals surface area contributed by atoms with Gasteiger partial charge in [0.25, 0.3) is 5.91 Å². The van der Waals surface area contributed by atoms with E-state index in [0.29, 0.717) is 5.56 Å². The van der Waals surface area contributed by atoms with Gasteiger partial charge in [-0.25, -0.2) is 8.42 Å². The summed E-state index contributed by atoms with van der Waals surface area (Å²) in [6, 6.07) is 12.5. The van der Waals surface area contributed by atoms with Gasteiger partial charge in [-0.05, 0) is 48.0 Å². The fourth-order valence-electron chi connectivity index (χ4n) is 3.11. The van der Waals surface area contributed by atoms with Gasteiger partial charge in [-0.1, -0.05) is 35.3 Å². The highest BCUT2D eigenvalue weighted by molar-refractivity contribution is 7.92. The third kappa shape index (κ3) is 6.19. The van der Waals surface area contributed by atoms with E-state index >= 15 is 0 Å². The summed E-state index contributed by atoms with van der Waals surface area (Å²) in [6.07, 6.45) is -2.37. The van der Waals surface area contributed by atoms with E-state index < -0.39 is 34.2 Å². The number of halogens is 5.